The Balaban J connectivity index is 1.33. The minimum atomic E-state index is -0.515. The lowest BCUT2D eigenvalue weighted by Gasteiger charge is -2.27. The van der Waals surface area contributed by atoms with Crippen molar-refractivity contribution in [2.24, 2.45) is 0 Å². The molecule has 0 radical (unpaired) electrons. The molecule has 2 aliphatic rings. The van der Waals surface area contributed by atoms with Crippen LogP contribution < -0.4 is 4.90 Å². The summed E-state index contributed by atoms with van der Waals surface area (Å²) in [7, 11) is 0. The molecule has 1 unspecified atom stereocenters. The highest BCUT2D eigenvalue weighted by atomic mass is 15.1. The minimum absolute atomic E-state index is 0.515. The summed E-state index contributed by atoms with van der Waals surface area (Å²) >= 11 is 0. The molecule has 2 heterocycles. The van der Waals surface area contributed by atoms with E-state index in [-0.39, 0.29) is 0 Å². The molecule has 45 heavy (non-hydrogen) atoms. The topological polar surface area (TPSA) is 21.1 Å². The van der Waals surface area contributed by atoms with Crippen molar-refractivity contribution in [3.05, 3.63) is 180 Å². The van der Waals surface area contributed by atoms with Crippen LogP contribution in [-0.4, -0.2) is 9.55 Å². The summed E-state index contributed by atoms with van der Waals surface area (Å²) in [5, 5.41) is 0. The predicted molar refractivity (Wildman–Crippen MR) is 186 cm³/mol. The second kappa shape index (κ2) is 9.41. The zero-order valence-corrected chi connectivity index (χ0v) is 25.3. The molecule has 3 nitrogen and oxygen atoms in total. The van der Waals surface area contributed by atoms with E-state index >= 15 is 0 Å². The van der Waals surface area contributed by atoms with Gasteiger partial charge in [-0.25, -0.2) is 4.98 Å². The number of anilines is 2. The number of nitrogens with zero attached hydrogens (tertiary/aromatic N) is 3. The molecule has 3 heteroatoms. The van der Waals surface area contributed by atoms with Gasteiger partial charge in [0.05, 0.1) is 16.7 Å². The van der Waals surface area contributed by atoms with Crippen molar-refractivity contribution in [3.8, 4) is 27.9 Å². The number of fused-ring (bicyclic) bond motifs is 12. The predicted octanol–water partition coefficient (Wildman–Crippen LogP) is 10.3. The molecule has 0 saturated heterocycles. The molecule has 0 saturated carbocycles. The van der Waals surface area contributed by atoms with E-state index in [9.17, 15) is 0 Å². The molecule has 1 aliphatic heterocycles. The average Bonchev–Trinajstić information content (AvgIpc) is 3.70. The first-order valence-corrected chi connectivity index (χ1v) is 15.5. The molecule has 1 atom stereocenters. The fourth-order valence-corrected chi connectivity index (χ4v) is 7.92. The Bertz CT molecular complexity index is 2340. The van der Waals surface area contributed by atoms with Gasteiger partial charge in [-0.05, 0) is 94.3 Å². The summed E-state index contributed by atoms with van der Waals surface area (Å²) in [6.07, 6.45) is 1.92. The maximum Gasteiger partial charge on any atom is 0.134 e. The summed E-state index contributed by atoms with van der Waals surface area (Å²) < 4.78 is 2.39. The molecule has 1 spiro atoms. The van der Waals surface area contributed by atoms with Crippen LogP contribution in [0.25, 0.3) is 39.0 Å². The van der Waals surface area contributed by atoms with Gasteiger partial charge in [0.15, 0.2) is 0 Å². The molecule has 0 fully saturated rings. The summed E-state index contributed by atoms with van der Waals surface area (Å²) in [6.45, 7) is 8.54. The van der Waals surface area contributed by atoms with Gasteiger partial charge in [-0.1, -0.05) is 110 Å². The monoisotopic (exact) mass is 577 g/mol. The number of aryl methyl sites for hydroxylation is 2. The van der Waals surface area contributed by atoms with Crippen LogP contribution in [0.15, 0.2) is 146 Å². The van der Waals surface area contributed by atoms with Crippen molar-refractivity contribution in [3.63, 3.8) is 0 Å². The van der Waals surface area contributed by atoms with Gasteiger partial charge in [-0.3, -0.25) is 4.57 Å². The third-order valence-corrected chi connectivity index (χ3v) is 9.85. The Kier molecular flexibility index (Phi) is 5.40. The number of para-hydroxylation sites is 4. The SMILES string of the molecule is C=CN(c1ccccc1C)c1cc(-c2cccc3c2-c2ccccc2C32c3ccccc3-n3c2nc2ccccc23)ccc1C. The van der Waals surface area contributed by atoms with Gasteiger partial charge in [0, 0.05) is 17.6 Å². The first-order valence-electron chi connectivity index (χ1n) is 15.5. The highest BCUT2D eigenvalue weighted by molar-refractivity contribution is 5.98. The van der Waals surface area contributed by atoms with Crippen molar-refractivity contribution >= 4 is 22.4 Å². The van der Waals surface area contributed by atoms with Crippen molar-refractivity contribution < 1.29 is 0 Å². The number of hydrogen-bond donors (Lipinski definition) is 0. The number of hydrogen-bond acceptors (Lipinski definition) is 2. The van der Waals surface area contributed by atoms with Crippen molar-refractivity contribution in [1.29, 1.82) is 0 Å². The number of rotatable bonds is 4. The number of aromatic nitrogens is 2. The van der Waals surface area contributed by atoms with E-state index in [1.807, 2.05) is 6.20 Å². The van der Waals surface area contributed by atoms with Gasteiger partial charge in [0.25, 0.3) is 0 Å². The van der Waals surface area contributed by atoms with E-state index in [2.05, 4.69) is 163 Å². The maximum atomic E-state index is 5.39. The fourth-order valence-electron chi connectivity index (χ4n) is 7.92. The highest BCUT2D eigenvalue weighted by Crippen LogP contribution is 2.62. The molecule has 0 amide bonds. The largest absolute Gasteiger partial charge is 0.317 e. The normalized spacial score (nSPS) is 15.5. The van der Waals surface area contributed by atoms with Crippen LogP contribution in [0.5, 0.6) is 0 Å². The third-order valence-electron chi connectivity index (χ3n) is 9.85. The van der Waals surface area contributed by atoms with Crippen LogP contribution in [0.2, 0.25) is 0 Å². The van der Waals surface area contributed by atoms with Gasteiger partial charge in [0.1, 0.15) is 11.2 Å². The van der Waals surface area contributed by atoms with Gasteiger partial charge in [0.2, 0.25) is 0 Å². The second-order valence-corrected chi connectivity index (χ2v) is 12.1. The zero-order valence-electron chi connectivity index (χ0n) is 25.3. The second-order valence-electron chi connectivity index (χ2n) is 12.1. The molecule has 0 N–H and O–H groups in total. The van der Waals surface area contributed by atoms with E-state index < -0.39 is 5.41 Å². The fraction of sp³-hybridized carbons (Fsp3) is 0.0714. The van der Waals surface area contributed by atoms with Gasteiger partial charge in [-0.2, -0.15) is 0 Å². The molecular weight excluding hydrogens is 546 g/mol. The van der Waals surface area contributed by atoms with E-state index in [0.717, 1.165) is 28.2 Å². The highest BCUT2D eigenvalue weighted by Gasteiger charge is 2.54. The van der Waals surface area contributed by atoms with Crippen LogP contribution in [0.3, 0.4) is 0 Å². The summed E-state index contributed by atoms with van der Waals surface area (Å²) in [5.41, 5.74) is 16.3. The standard InChI is InChI=1S/C42H31N3/c1-4-44(36-21-10-5-14-27(36)2)39-26-29(25-24-28(39)3)30-16-13-19-34-40(30)31-15-6-7-17-32(31)42(34)33-18-8-11-22-37(33)45-38-23-12-9-20-35(38)43-41(42)45/h4-26H,1H2,2-3H3. The lowest BCUT2D eigenvalue weighted by molar-refractivity contribution is 0.738. The molecule has 7 aromatic rings. The van der Waals surface area contributed by atoms with Gasteiger partial charge < -0.3 is 4.90 Å². The zero-order chi connectivity index (χ0) is 30.3. The lowest BCUT2D eigenvalue weighted by atomic mass is 9.72. The van der Waals surface area contributed by atoms with Crippen molar-refractivity contribution in [2.75, 3.05) is 4.90 Å². The van der Waals surface area contributed by atoms with Crippen LogP contribution in [0.4, 0.5) is 11.4 Å². The van der Waals surface area contributed by atoms with Crippen LogP contribution in [0.1, 0.15) is 33.6 Å². The number of imidazole rings is 1. The van der Waals surface area contributed by atoms with E-state index in [0.29, 0.717) is 0 Å². The van der Waals surface area contributed by atoms with Gasteiger partial charge >= 0.3 is 0 Å². The quantitative estimate of drug-likeness (QED) is 0.207. The molecule has 9 rings (SSSR count). The van der Waals surface area contributed by atoms with Crippen molar-refractivity contribution in [1.82, 2.24) is 9.55 Å². The average molecular weight is 578 g/mol. The summed E-state index contributed by atoms with van der Waals surface area (Å²) in [4.78, 5) is 7.60. The van der Waals surface area contributed by atoms with Crippen LogP contribution >= 0.6 is 0 Å². The Morgan fingerprint density at radius 1 is 0.644 bits per heavy atom. The smallest absolute Gasteiger partial charge is 0.134 e. The maximum absolute atomic E-state index is 5.39. The van der Waals surface area contributed by atoms with E-state index in [1.54, 1.807) is 0 Å². The first-order chi connectivity index (χ1) is 22.1. The van der Waals surface area contributed by atoms with Crippen LogP contribution in [-0.2, 0) is 5.41 Å². The van der Waals surface area contributed by atoms with Gasteiger partial charge in [-0.15, -0.1) is 0 Å². The molecule has 0 bridgehead atoms. The molecule has 1 aromatic heterocycles. The van der Waals surface area contributed by atoms with E-state index in [1.165, 1.54) is 55.8 Å². The van der Waals surface area contributed by atoms with Crippen molar-refractivity contribution in [2.45, 2.75) is 19.3 Å². The summed E-state index contributed by atoms with van der Waals surface area (Å²) in [5.74, 6) is 1.07. The Morgan fingerprint density at radius 2 is 1.33 bits per heavy atom. The molecule has 1 aliphatic carbocycles. The Labute approximate surface area is 263 Å². The molecule has 6 aromatic carbocycles. The summed E-state index contributed by atoms with van der Waals surface area (Å²) in [6, 6.07) is 48.4. The molecular formula is C42H31N3. The van der Waals surface area contributed by atoms with E-state index in [4.69, 9.17) is 4.98 Å². The molecule has 214 valence electrons. The Hall–Kier alpha value is -5.67. The lowest BCUT2D eigenvalue weighted by Crippen LogP contribution is -2.27. The Morgan fingerprint density at radius 3 is 2.20 bits per heavy atom. The first kappa shape index (κ1) is 25.8. The number of benzene rings is 6. The third kappa shape index (κ3) is 3.33. The minimum Gasteiger partial charge on any atom is -0.317 e. The van der Waals surface area contributed by atoms with Crippen LogP contribution in [0, 0.1) is 13.8 Å².